The molecule has 0 unspecified atom stereocenters. The Morgan fingerprint density at radius 2 is 2.19 bits per heavy atom. The zero-order chi connectivity index (χ0) is 14.8. The van der Waals surface area contributed by atoms with Crippen molar-refractivity contribution in [3.63, 3.8) is 0 Å². The maximum Gasteiger partial charge on any atom is 0.305 e. The van der Waals surface area contributed by atoms with E-state index in [1.165, 1.54) is 7.11 Å². The summed E-state index contributed by atoms with van der Waals surface area (Å²) in [7, 11) is 1.39. The summed E-state index contributed by atoms with van der Waals surface area (Å²) in [5.74, 6) is 0.992. The lowest BCUT2D eigenvalue weighted by Gasteiger charge is -2.28. The van der Waals surface area contributed by atoms with E-state index in [4.69, 9.17) is 0 Å². The number of esters is 1. The molecule has 1 aliphatic carbocycles. The molecule has 3 rings (SSSR count). The second-order valence-corrected chi connectivity index (χ2v) is 5.73. The Morgan fingerprint density at radius 1 is 1.38 bits per heavy atom. The molecular formula is C16H20N2O3. The molecule has 0 bridgehead atoms. The van der Waals surface area contributed by atoms with Crippen LogP contribution in [0.2, 0.25) is 0 Å². The first-order chi connectivity index (χ1) is 10.2. The molecule has 112 valence electrons. The molecule has 0 radical (unpaired) electrons. The number of anilines is 1. The van der Waals surface area contributed by atoms with Crippen molar-refractivity contribution >= 4 is 17.7 Å². The van der Waals surface area contributed by atoms with E-state index in [1.807, 2.05) is 17.0 Å². The molecule has 1 aliphatic heterocycles. The number of amides is 1. The predicted molar refractivity (Wildman–Crippen MR) is 78.0 cm³/mol. The summed E-state index contributed by atoms with van der Waals surface area (Å²) in [6.45, 7) is 0.760. The van der Waals surface area contributed by atoms with Crippen molar-refractivity contribution < 1.29 is 14.3 Å². The van der Waals surface area contributed by atoms with Crippen molar-refractivity contribution in [2.45, 2.75) is 38.5 Å². The first-order valence-electron chi connectivity index (χ1n) is 7.56. The molecule has 1 saturated carbocycles. The third kappa shape index (κ3) is 3.06. The molecule has 1 amide bonds. The van der Waals surface area contributed by atoms with Crippen molar-refractivity contribution in [1.29, 1.82) is 0 Å². The summed E-state index contributed by atoms with van der Waals surface area (Å²) in [4.78, 5) is 30.1. The fraction of sp³-hybridized carbons (Fsp3) is 0.562. The van der Waals surface area contributed by atoms with Gasteiger partial charge in [0, 0.05) is 24.6 Å². The first kappa shape index (κ1) is 14.0. The van der Waals surface area contributed by atoms with Gasteiger partial charge < -0.3 is 4.74 Å². The van der Waals surface area contributed by atoms with Gasteiger partial charge in [-0.15, -0.1) is 0 Å². The van der Waals surface area contributed by atoms with Crippen LogP contribution in [0.3, 0.4) is 0 Å². The van der Waals surface area contributed by atoms with Crippen LogP contribution in [0.25, 0.3) is 0 Å². The number of hydrogen-bond acceptors (Lipinski definition) is 4. The molecule has 2 heterocycles. The lowest BCUT2D eigenvalue weighted by molar-refractivity contribution is -0.140. The van der Waals surface area contributed by atoms with Crippen LogP contribution in [0.5, 0.6) is 0 Å². The average molecular weight is 288 g/mol. The van der Waals surface area contributed by atoms with E-state index in [0.717, 1.165) is 49.3 Å². The third-order valence-electron chi connectivity index (χ3n) is 4.10. The summed E-state index contributed by atoms with van der Waals surface area (Å²) in [5.41, 5.74) is 1.98. The number of aromatic nitrogens is 1. The smallest absolute Gasteiger partial charge is 0.305 e. The maximum absolute atomic E-state index is 12.4. The van der Waals surface area contributed by atoms with Gasteiger partial charge in [0.05, 0.1) is 13.5 Å². The van der Waals surface area contributed by atoms with Gasteiger partial charge in [-0.25, -0.2) is 4.98 Å². The van der Waals surface area contributed by atoms with E-state index in [9.17, 15) is 9.59 Å². The summed E-state index contributed by atoms with van der Waals surface area (Å²) in [6, 6.07) is 3.99. The molecule has 5 nitrogen and oxygen atoms in total. The SMILES string of the molecule is COC(=O)CCc1ccc2c(n1)N(C(=O)C1CC1)CCC2. The minimum absolute atomic E-state index is 0.205. The molecule has 0 spiro atoms. The number of carbonyl (C=O) groups is 2. The fourth-order valence-electron chi connectivity index (χ4n) is 2.72. The highest BCUT2D eigenvalue weighted by Crippen LogP contribution is 2.35. The molecule has 0 aromatic carbocycles. The van der Waals surface area contributed by atoms with Gasteiger partial charge in [0.15, 0.2) is 0 Å². The molecule has 2 aliphatic rings. The van der Waals surface area contributed by atoms with Gasteiger partial charge in [-0.3, -0.25) is 14.5 Å². The van der Waals surface area contributed by atoms with Gasteiger partial charge in [0.25, 0.3) is 0 Å². The van der Waals surface area contributed by atoms with Crippen LogP contribution in [0.4, 0.5) is 5.82 Å². The van der Waals surface area contributed by atoms with Crippen molar-refractivity contribution in [3.05, 3.63) is 23.4 Å². The van der Waals surface area contributed by atoms with E-state index >= 15 is 0 Å². The largest absolute Gasteiger partial charge is 0.469 e. The Balaban J connectivity index is 1.79. The summed E-state index contributed by atoms with van der Waals surface area (Å²) >= 11 is 0. The second-order valence-electron chi connectivity index (χ2n) is 5.73. The number of carbonyl (C=O) groups excluding carboxylic acids is 2. The van der Waals surface area contributed by atoms with Crippen LogP contribution >= 0.6 is 0 Å². The standard InChI is InChI=1S/C16H20N2O3/c1-21-14(19)9-8-13-7-6-11-3-2-10-18(15(11)17-13)16(20)12-4-5-12/h6-7,12H,2-5,8-10H2,1H3. The lowest BCUT2D eigenvalue weighted by Crippen LogP contribution is -2.37. The van der Waals surface area contributed by atoms with Gasteiger partial charge in [-0.1, -0.05) is 6.07 Å². The van der Waals surface area contributed by atoms with Crippen molar-refractivity contribution in [3.8, 4) is 0 Å². The molecule has 1 aromatic heterocycles. The first-order valence-corrected chi connectivity index (χ1v) is 7.56. The Hall–Kier alpha value is -1.91. The Labute approximate surface area is 124 Å². The third-order valence-corrected chi connectivity index (χ3v) is 4.10. The van der Waals surface area contributed by atoms with Gasteiger partial charge in [0.1, 0.15) is 5.82 Å². The van der Waals surface area contributed by atoms with Crippen LogP contribution in [0, 0.1) is 5.92 Å². The second kappa shape index (κ2) is 5.84. The highest BCUT2D eigenvalue weighted by atomic mass is 16.5. The molecule has 1 aromatic rings. The van der Waals surface area contributed by atoms with Crippen molar-refractivity contribution in [1.82, 2.24) is 4.98 Å². The summed E-state index contributed by atoms with van der Waals surface area (Å²) < 4.78 is 4.65. The molecule has 1 fully saturated rings. The minimum Gasteiger partial charge on any atom is -0.469 e. The maximum atomic E-state index is 12.4. The number of rotatable bonds is 4. The fourth-order valence-corrected chi connectivity index (χ4v) is 2.72. The molecule has 5 heteroatoms. The number of hydrogen-bond donors (Lipinski definition) is 0. The Kier molecular flexibility index (Phi) is 3.90. The number of pyridine rings is 1. The molecule has 0 atom stereocenters. The van der Waals surface area contributed by atoms with E-state index in [2.05, 4.69) is 9.72 Å². The van der Waals surface area contributed by atoms with Crippen LogP contribution < -0.4 is 4.90 Å². The topological polar surface area (TPSA) is 59.5 Å². The molecule has 0 saturated heterocycles. The monoisotopic (exact) mass is 288 g/mol. The van der Waals surface area contributed by atoms with Crippen molar-refractivity contribution in [2.24, 2.45) is 5.92 Å². The normalized spacial score (nSPS) is 17.3. The highest BCUT2D eigenvalue weighted by Gasteiger charge is 2.36. The van der Waals surface area contributed by atoms with Crippen LogP contribution in [-0.4, -0.2) is 30.5 Å². The van der Waals surface area contributed by atoms with Crippen LogP contribution in [-0.2, 0) is 27.2 Å². The minimum atomic E-state index is -0.236. The van der Waals surface area contributed by atoms with E-state index < -0.39 is 0 Å². The Morgan fingerprint density at radius 3 is 2.90 bits per heavy atom. The summed E-state index contributed by atoms with van der Waals surface area (Å²) in [6.07, 6.45) is 4.84. The summed E-state index contributed by atoms with van der Waals surface area (Å²) in [5, 5.41) is 0. The molecular weight excluding hydrogens is 268 g/mol. The number of aryl methyl sites for hydroxylation is 2. The predicted octanol–water partition coefficient (Wildman–Crippen LogP) is 1.88. The number of nitrogens with zero attached hydrogens (tertiary/aromatic N) is 2. The zero-order valence-corrected chi connectivity index (χ0v) is 12.3. The van der Waals surface area contributed by atoms with Crippen LogP contribution in [0.1, 0.15) is 36.9 Å². The van der Waals surface area contributed by atoms with E-state index in [0.29, 0.717) is 12.8 Å². The highest BCUT2D eigenvalue weighted by molar-refractivity contribution is 5.96. The van der Waals surface area contributed by atoms with E-state index in [1.54, 1.807) is 0 Å². The van der Waals surface area contributed by atoms with Gasteiger partial charge >= 0.3 is 5.97 Å². The number of ether oxygens (including phenoxy) is 1. The molecule has 21 heavy (non-hydrogen) atoms. The zero-order valence-electron chi connectivity index (χ0n) is 12.3. The van der Waals surface area contributed by atoms with Gasteiger partial charge in [-0.2, -0.15) is 0 Å². The quantitative estimate of drug-likeness (QED) is 0.794. The number of methoxy groups -OCH3 is 1. The number of fused-ring (bicyclic) bond motifs is 1. The Bertz CT molecular complexity index is 567. The lowest BCUT2D eigenvalue weighted by atomic mass is 10.0. The van der Waals surface area contributed by atoms with Crippen molar-refractivity contribution in [2.75, 3.05) is 18.6 Å². The van der Waals surface area contributed by atoms with Crippen LogP contribution in [0.15, 0.2) is 12.1 Å². The van der Waals surface area contributed by atoms with Gasteiger partial charge in [0.2, 0.25) is 5.91 Å². The average Bonchev–Trinajstić information content (AvgIpc) is 3.36. The van der Waals surface area contributed by atoms with E-state index in [-0.39, 0.29) is 17.8 Å². The van der Waals surface area contributed by atoms with Gasteiger partial charge in [-0.05, 0) is 37.3 Å². The molecule has 0 N–H and O–H groups in total.